The minimum atomic E-state index is -3.07. The van der Waals surface area contributed by atoms with Gasteiger partial charge < -0.3 is 5.32 Å². The van der Waals surface area contributed by atoms with Crippen molar-refractivity contribution in [1.29, 1.82) is 0 Å². The Hall–Kier alpha value is -2.73. The molecule has 0 amide bonds. The summed E-state index contributed by atoms with van der Waals surface area (Å²) < 4.78 is 24.4. The van der Waals surface area contributed by atoms with Gasteiger partial charge in [0.05, 0.1) is 22.5 Å². The first-order chi connectivity index (χ1) is 14.3. The maximum absolute atomic E-state index is 12.6. The van der Waals surface area contributed by atoms with E-state index in [9.17, 15) is 13.2 Å². The van der Waals surface area contributed by atoms with Crippen molar-refractivity contribution in [2.75, 3.05) is 16.8 Å². The molecule has 0 aliphatic rings. The van der Waals surface area contributed by atoms with E-state index >= 15 is 0 Å². The molecule has 5 nitrogen and oxygen atoms in total. The summed E-state index contributed by atoms with van der Waals surface area (Å²) in [5.41, 5.74) is 4.88. The predicted molar refractivity (Wildman–Crippen MR) is 123 cm³/mol. The summed E-state index contributed by atoms with van der Waals surface area (Å²) in [5.74, 6) is 0.336. The van der Waals surface area contributed by atoms with Gasteiger partial charge in [0.15, 0.2) is 15.6 Å². The van der Waals surface area contributed by atoms with E-state index in [2.05, 4.69) is 10.3 Å². The number of hydrogen-bond donors (Lipinski definition) is 1. The third kappa shape index (κ3) is 5.05. The van der Waals surface area contributed by atoms with Crippen molar-refractivity contribution < 1.29 is 13.2 Å². The molecule has 158 valence electrons. The number of ketones is 1. The number of para-hydroxylation sites is 1. The van der Waals surface area contributed by atoms with Crippen LogP contribution < -0.4 is 5.32 Å². The van der Waals surface area contributed by atoms with Crippen LogP contribution in [0.5, 0.6) is 0 Å². The number of pyridine rings is 1. The Morgan fingerprint density at radius 2 is 1.80 bits per heavy atom. The van der Waals surface area contributed by atoms with Crippen molar-refractivity contribution in [2.24, 2.45) is 0 Å². The van der Waals surface area contributed by atoms with E-state index in [1.54, 1.807) is 6.20 Å². The van der Waals surface area contributed by atoms with Crippen LogP contribution in [0.4, 0.5) is 11.4 Å². The third-order valence-corrected chi connectivity index (χ3v) is 7.04. The van der Waals surface area contributed by atoms with Crippen molar-refractivity contribution >= 4 is 37.9 Å². The normalized spacial score (nSPS) is 11.6. The molecule has 0 unspecified atom stereocenters. The average molecular weight is 425 g/mol. The molecule has 0 spiro atoms. The largest absolute Gasteiger partial charge is 0.354 e. The van der Waals surface area contributed by atoms with Gasteiger partial charge in [0, 0.05) is 29.4 Å². The zero-order valence-corrected chi connectivity index (χ0v) is 18.6. The highest BCUT2D eigenvalue weighted by Crippen LogP contribution is 2.32. The number of rotatable bonds is 9. The molecule has 0 saturated heterocycles. The molecule has 0 atom stereocenters. The van der Waals surface area contributed by atoms with Gasteiger partial charge in [0.2, 0.25) is 0 Å². The molecule has 1 heterocycles. The topological polar surface area (TPSA) is 76.1 Å². The van der Waals surface area contributed by atoms with Crippen molar-refractivity contribution in [3.05, 3.63) is 65.4 Å². The van der Waals surface area contributed by atoms with Crippen LogP contribution in [0.15, 0.2) is 48.7 Å². The van der Waals surface area contributed by atoms with Gasteiger partial charge in [-0.3, -0.25) is 9.78 Å². The number of nitrogens with zero attached hydrogens (tertiary/aromatic N) is 1. The van der Waals surface area contributed by atoms with Crippen LogP contribution in [0.3, 0.4) is 0 Å². The van der Waals surface area contributed by atoms with E-state index in [1.807, 2.05) is 63.2 Å². The van der Waals surface area contributed by atoms with E-state index in [0.29, 0.717) is 24.8 Å². The Morgan fingerprint density at radius 1 is 1.07 bits per heavy atom. The summed E-state index contributed by atoms with van der Waals surface area (Å²) in [4.78, 5) is 17.1. The lowest BCUT2D eigenvalue weighted by atomic mass is 9.98. The zero-order valence-electron chi connectivity index (χ0n) is 17.7. The average Bonchev–Trinajstić information content (AvgIpc) is 2.72. The standard InChI is InChI=1S/C24H28N2O3S/c1-4-12-30(28,29)13-11-18-15-20-22(14-17(18)3)25-16-21(23(27)5-2)24(20)26-19-9-7-6-8-10-19/h6-10,14-16H,4-5,11-13H2,1-3H3,(H,25,26). The summed E-state index contributed by atoms with van der Waals surface area (Å²) in [6, 6.07) is 13.6. The third-order valence-electron chi connectivity index (χ3n) is 5.19. The Kier molecular flexibility index (Phi) is 6.87. The highest BCUT2D eigenvalue weighted by atomic mass is 32.2. The fraction of sp³-hybridized carbons (Fsp3) is 0.333. The van der Waals surface area contributed by atoms with Crippen molar-refractivity contribution in [3.8, 4) is 0 Å². The first-order valence-corrected chi connectivity index (χ1v) is 12.1. The molecule has 0 aliphatic carbocycles. The number of sulfone groups is 1. The lowest BCUT2D eigenvalue weighted by Gasteiger charge is -2.16. The monoisotopic (exact) mass is 424 g/mol. The molecule has 0 radical (unpaired) electrons. The Balaban J connectivity index is 2.10. The molecule has 1 aromatic heterocycles. The van der Waals surface area contributed by atoms with Crippen molar-refractivity contribution in [1.82, 2.24) is 4.98 Å². The van der Waals surface area contributed by atoms with E-state index in [-0.39, 0.29) is 17.3 Å². The highest BCUT2D eigenvalue weighted by Gasteiger charge is 2.17. The fourth-order valence-corrected chi connectivity index (χ4v) is 4.90. The van der Waals surface area contributed by atoms with Crippen molar-refractivity contribution in [2.45, 2.75) is 40.0 Å². The van der Waals surface area contributed by atoms with Gasteiger partial charge in [-0.15, -0.1) is 0 Å². The molecule has 0 aliphatic heterocycles. The Bertz CT molecular complexity index is 1160. The molecular weight excluding hydrogens is 396 g/mol. The van der Waals surface area contributed by atoms with Crippen LogP contribution in [0, 0.1) is 6.92 Å². The van der Waals surface area contributed by atoms with Gasteiger partial charge in [-0.25, -0.2) is 8.42 Å². The highest BCUT2D eigenvalue weighted by molar-refractivity contribution is 7.91. The number of carbonyl (C=O) groups is 1. The first kappa shape index (κ1) is 22.0. The lowest BCUT2D eigenvalue weighted by molar-refractivity contribution is 0.0988. The number of Topliss-reactive ketones (excluding diaryl/α,β-unsaturated/α-hetero) is 1. The van der Waals surface area contributed by atoms with Crippen LogP contribution in [0.2, 0.25) is 0 Å². The summed E-state index contributed by atoms with van der Waals surface area (Å²) in [5, 5.41) is 4.22. The minimum absolute atomic E-state index is 0.00970. The van der Waals surface area contributed by atoms with Gasteiger partial charge in [-0.05, 0) is 55.2 Å². The summed E-state index contributed by atoms with van der Waals surface area (Å²) in [6.45, 7) is 5.68. The lowest BCUT2D eigenvalue weighted by Crippen LogP contribution is -2.13. The number of hydrogen-bond acceptors (Lipinski definition) is 5. The second-order valence-corrected chi connectivity index (χ2v) is 9.82. The van der Waals surface area contributed by atoms with Gasteiger partial charge >= 0.3 is 0 Å². The maximum Gasteiger partial charge on any atom is 0.166 e. The van der Waals surface area contributed by atoms with Crippen LogP contribution >= 0.6 is 0 Å². The SMILES string of the molecule is CCCS(=O)(=O)CCc1cc2c(Nc3ccccc3)c(C(=O)CC)cnc2cc1C. The fourth-order valence-electron chi connectivity index (χ4n) is 3.54. The second kappa shape index (κ2) is 9.39. The Labute approximate surface area is 178 Å². The number of anilines is 2. The predicted octanol–water partition coefficient (Wildman–Crippen LogP) is 5.25. The number of benzene rings is 2. The van der Waals surface area contributed by atoms with Crippen LogP contribution in [0.1, 0.15) is 48.2 Å². The van der Waals surface area contributed by atoms with E-state index in [4.69, 9.17) is 0 Å². The van der Waals surface area contributed by atoms with Crippen LogP contribution in [-0.4, -0.2) is 30.7 Å². The summed E-state index contributed by atoms with van der Waals surface area (Å²) in [7, 11) is -3.07. The Morgan fingerprint density at radius 3 is 2.47 bits per heavy atom. The van der Waals surface area contributed by atoms with Crippen LogP contribution in [-0.2, 0) is 16.3 Å². The molecule has 30 heavy (non-hydrogen) atoms. The molecule has 6 heteroatoms. The smallest absolute Gasteiger partial charge is 0.166 e. The second-order valence-electron chi connectivity index (χ2n) is 7.51. The minimum Gasteiger partial charge on any atom is -0.354 e. The molecule has 0 bridgehead atoms. The van der Waals surface area contributed by atoms with E-state index in [0.717, 1.165) is 33.4 Å². The van der Waals surface area contributed by atoms with Gasteiger partial charge in [-0.1, -0.05) is 32.0 Å². The maximum atomic E-state index is 12.6. The van der Waals surface area contributed by atoms with Gasteiger partial charge in [-0.2, -0.15) is 0 Å². The molecule has 0 saturated carbocycles. The molecule has 1 N–H and O–H groups in total. The number of carbonyl (C=O) groups excluding carboxylic acids is 1. The molecule has 3 rings (SSSR count). The summed E-state index contributed by atoms with van der Waals surface area (Å²) in [6.07, 6.45) is 3.08. The van der Waals surface area contributed by atoms with Gasteiger partial charge in [0.25, 0.3) is 0 Å². The summed E-state index contributed by atoms with van der Waals surface area (Å²) >= 11 is 0. The number of fused-ring (bicyclic) bond motifs is 1. The van der Waals surface area contributed by atoms with E-state index in [1.165, 1.54) is 0 Å². The molecular formula is C24H28N2O3S. The molecule has 2 aromatic carbocycles. The molecule has 3 aromatic rings. The number of aryl methyl sites for hydroxylation is 2. The first-order valence-electron chi connectivity index (χ1n) is 10.3. The number of aromatic nitrogens is 1. The quantitative estimate of drug-likeness (QED) is 0.475. The molecule has 0 fully saturated rings. The van der Waals surface area contributed by atoms with E-state index < -0.39 is 9.84 Å². The van der Waals surface area contributed by atoms with Crippen molar-refractivity contribution in [3.63, 3.8) is 0 Å². The number of nitrogens with one attached hydrogen (secondary N) is 1. The van der Waals surface area contributed by atoms with Crippen LogP contribution in [0.25, 0.3) is 10.9 Å². The van der Waals surface area contributed by atoms with Gasteiger partial charge in [0.1, 0.15) is 0 Å². The zero-order chi connectivity index (χ0) is 21.7.